The first-order chi connectivity index (χ1) is 11.4. The fourth-order valence-electron chi connectivity index (χ4n) is 3.33. The lowest BCUT2D eigenvalue weighted by atomic mass is 10.2. The lowest BCUT2D eigenvalue weighted by Gasteiger charge is -2.43. The summed E-state index contributed by atoms with van der Waals surface area (Å²) in [5.74, 6) is 0. The van der Waals surface area contributed by atoms with Crippen LogP contribution in [0.25, 0.3) is 0 Å². The van der Waals surface area contributed by atoms with E-state index in [4.69, 9.17) is 10.2 Å². The third-order valence-electron chi connectivity index (χ3n) is 4.75. The second-order valence-corrected chi connectivity index (χ2v) is 11.8. The minimum atomic E-state index is -2.38. The number of hydrogen-bond acceptors (Lipinski definition) is 2. The molecule has 0 aromatic heterocycles. The minimum absolute atomic E-state index is 0.0337. The molecule has 0 aliphatic rings. The highest BCUT2D eigenvalue weighted by molar-refractivity contribution is 6.99. The summed E-state index contributed by atoms with van der Waals surface area (Å²) in [6, 6.07) is 21.7. The van der Waals surface area contributed by atoms with Gasteiger partial charge in [0, 0.05) is 12.6 Å². The largest absolute Gasteiger partial charge is 0.407 e. The standard InChI is InChI=1S/C21H31NOSi/c1-5-18(22)16-17-23-24(21(2,3)4,19-12-8-6-9-13-19)20-14-10-7-11-15-20/h6-15,18H,5,16-17,22H2,1-4H3/t18-/m0/s1. The maximum Gasteiger partial charge on any atom is 0.261 e. The SMILES string of the molecule is CC[C@H](N)CCO[Si](c1ccccc1)(c1ccccc1)C(C)(C)C. The normalized spacial score (nSPS) is 13.7. The van der Waals surface area contributed by atoms with Gasteiger partial charge in [-0.2, -0.15) is 0 Å². The van der Waals surface area contributed by atoms with Gasteiger partial charge in [0.2, 0.25) is 0 Å². The van der Waals surface area contributed by atoms with Crippen LogP contribution in [-0.2, 0) is 4.43 Å². The quantitative estimate of drug-likeness (QED) is 0.780. The lowest BCUT2D eigenvalue weighted by Crippen LogP contribution is -2.66. The summed E-state index contributed by atoms with van der Waals surface area (Å²) in [5, 5.41) is 2.69. The molecule has 0 saturated heterocycles. The predicted molar refractivity (Wildman–Crippen MR) is 106 cm³/mol. The monoisotopic (exact) mass is 341 g/mol. The topological polar surface area (TPSA) is 35.2 Å². The van der Waals surface area contributed by atoms with Crippen LogP contribution in [0.3, 0.4) is 0 Å². The van der Waals surface area contributed by atoms with Crippen molar-refractivity contribution < 1.29 is 4.43 Å². The smallest absolute Gasteiger partial charge is 0.261 e. The summed E-state index contributed by atoms with van der Waals surface area (Å²) < 4.78 is 6.80. The molecule has 0 radical (unpaired) electrons. The molecular weight excluding hydrogens is 310 g/mol. The van der Waals surface area contributed by atoms with Crippen molar-refractivity contribution in [2.24, 2.45) is 5.73 Å². The van der Waals surface area contributed by atoms with E-state index in [1.54, 1.807) is 0 Å². The van der Waals surface area contributed by atoms with Crippen LogP contribution >= 0.6 is 0 Å². The Kier molecular flexibility index (Phi) is 6.38. The first kappa shape index (κ1) is 18.9. The van der Waals surface area contributed by atoms with Gasteiger partial charge in [0.15, 0.2) is 0 Å². The number of rotatable bonds is 7. The van der Waals surface area contributed by atoms with Crippen molar-refractivity contribution in [3.8, 4) is 0 Å². The highest BCUT2D eigenvalue weighted by Gasteiger charge is 2.49. The molecule has 0 heterocycles. The Hall–Kier alpha value is -1.42. The van der Waals surface area contributed by atoms with Crippen molar-refractivity contribution in [1.82, 2.24) is 0 Å². The molecule has 3 heteroatoms. The molecule has 0 bridgehead atoms. The van der Waals surface area contributed by atoms with Crippen LogP contribution in [0.15, 0.2) is 60.7 Å². The Morgan fingerprint density at radius 2 is 1.38 bits per heavy atom. The molecule has 0 aliphatic carbocycles. The van der Waals surface area contributed by atoms with Crippen LogP contribution in [0.4, 0.5) is 0 Å². The van der Waals surface area contributed by atoms with Crippen molar-refractivity contribution in [3.63, 3.8) is 0 Å². The molecule has 0 unspecified atom stereocenters. The van der Waals surface area contributed by atoms with Crippen molar-refractivity contribution >= 4 is 18.7 Å². The van der Waals surface area contributed by atoms with E-state index in [0.717, 1.165) is 12.8 Å². The summed E-state index contributed by atoms with van der Waals surface area (Å²) in [6.45, 7) is 9.76. The molecule has 0 spiro atoms. The maximum absolute atomic E-state index is 6.80. The van der Waals surface area contributed by atoms with Gasteiger partial charge in [0.05, 0.1) is 0 Å². The van der Waals surface area contributed by atoms with E-state index in [1.165, 1.54) is 10.4 Å². The number of hydrogen-bond donors (Lipinski definition) is 1. The van der Waals surface area contributed by atoms with Gasteiger partial charge in [0.25, 0.3) is 8.32 Å². The van der Waals surface area contributed by atoms with Crippen LogP contribution < -0.4 is 16.1 Å². The van der Waals surface area contributed by atoms with Gasteiger partial charge in [-0.1, -0.05) is 88.4 Å². The van der Waals surface area contributed by atoms with Crippen LogP contribution in [0, 0.1) is 0 Å². The van der Waals surface area contributed by atoms with Crippen LogP contribution in [0.2, 0.25) is 5.04 Å². The van der Waals surface area contributed by atoms with Crippen molar-refractivity contribution in [1.29, 1.82) is 0 Å². The zero-order valence-electron chi connectivity index (χ0n) is 15.5. The summed E-state index contributed by atoms with van der Waals surface area (Å²) in [6.07, 6.45) is 1.89. The van der Waals surface area contributed by atoms with Crippen LogP contribution in [-0.4, -0.2) is 21.0 Å². The molecule has 0 saturated carbocycles. The molecule has 0 aliphatic heterocycles. The summed E-state index contributed by atoms with van der Waals surface area (Å²) in [5.41, 5.74) is 6.12. The fourth-order valence-corrected chi connectivity index (χ4v) is 7.91. The molecule has 2 aromatic carbocycles. The highest BCUT2D eigenvalue weighted by Crippen LogP contribution is 2.36. The minimum Gasteiger partial charge on any atom is -0.407 e. The van der Waals surface area contributed by atoms with Crippen LogP contribution in [0.5, 0.6) is 0 Å². The van der Waals surface area contributed by atoms with E-state index >= 15 is 0 Å². The molecular formula is C21H31NOSi. The first-order valence-electron chi connectivity index (χ1n) is 8.92. The fraction of sp³-hybridized carbons (Fsp3) is 0.429. The second kappa shape index (κ2) is 8.10. The molecule has 1 atom stereocenters. The molecule has 24 heavy (non-hydrogen) atoms. The van der Waals surface area contributed by atoms with Crippen molar-refractivity contribution in [2.45, 2.75) is 51.6 Å². The lowest BCUT2D eigenvalue weighted by molar-refractivity contribution is 0.279. The zero-order chi connectivity index (χ0) is 17.6. The summed E-state index contributed by atoms with van der Waals surface area (Å²) in [4.78, 5) is 0. The van der Waals surface area contributed by atoms with E-state index in [2.05, 4.69) is 88.4 Å². The van der Waals surface area contributed by atoms with E-state index < -0.39 is 8.32 Å². The Morgan fingerprint density at radius 1 is 0.917 bits per heavy atom. The van der Waals surface area contributed by atoms with Gasteiger partial charge in [-0.15, -0.1) is 0 Å². The van der Waals surface area contributed by atoms with Crippen molar-refractivity contribution in [2.75, 3.05) is 6.61 Å². The Bertz CT molecular complexity index is 567. The molecule has 2 nitrogen and oxygen atoms in total. The predicted octanol–water partition coefficient (Wildman–Crippen LogP) is 3.69. The number of nitrogens with two attached hydrogens (primary N) is 1. The highest BCUT2D eigenvalue weighted by atomic mass is 28.4. The summed E-state index contributed by atoms with van der Waals surface area (Å²) in [7, 11) is -2.38. The van der Waals surface area contributed by atoms with Gasteiger partial charge < -0.3 is 10.2 Å². The first-order valence-corrected chi connectivity index (χ1v) is 10.8. The van der Waals surface area contributed by atoms with Crippen LogP contribution in [0.1, 0.15) is 40.5 Å². The van der Waals surface area contributed by atoms with Gasteiger partial charge in [-0.25, -0.2) is 0 Å². The molecule has 2 aromatic rings. The molecule has 130 valence electrons. The van der Waals surface area contributed by atoms with E-state index in [0.29, 0.717) is 6.61 Å². The third-order valence-corrected chi connectivity index (χ3v) is 9.79. The van der Waals surface area contributed by atoms with Gasteiger partial charge in [-0.05, 0) is 28.3 Å². The molecule has 2 N–H and O–H groups in total. The summed E-state index contributed by atoms with van der Waals surface area (Å²) >= 11 is 0. The molecule has 0 fully saturated rings. The van der Waals surface area contributed by atoms with E-state index in [-0.39, 0.29) is 11.1 Å². The second-order valence-electron chi connectivity index (χ2n) is 7.47. The average molecular weight is 342 g/mol. The maximum atomic E-state index is 6.80. The third kappa shape index (κ3) is 3.97. The zero-order valence-corrected chi connectivity index (χ0v) is 16.5. The molecule has 0 amide bonds. The van der Waals surface area contributed by atoms with Crippen molar-refractivity contribution in [3.05, 3.63) is 60.7 Å². The van der Waals surface area contributed by atoms with Gasteiger partial charge >= 0.3 is 0 Å². The Morgan fingerprint density at radius 3 is 1.75 bits per heavy atom. The van der Waals surface area contributed by atoms with Gasteiger partial charge in [-0.3, -0.25) is 0 Å². The Labute approximate surface area is 148 Å². The average Bonchev–Trinajstić information content (AvgIpc) is 2.59. The number of benzene rings is 2. The van der Waals surface area contributed by atoms with E-state index in [1.807, 2.05) is 0 Å². The Balaban J connectivity index is 2.49. The van der Waals surface area contributed by atoms with E-state index in [9.17, 15) is 0 Å². The molecule has 2 rings (SSSR count). The van der Waals surface area contributed by atoms with Gasteiger partial charge in [0.1, 0.15) is 0 Å².